The van der Waals surface area contributed by atoms with Gasteiger partial charge in [0.05, 0.1) is 11.1 Å². The summed E-state index contributed by atoms with van der Waals surface area (Å²) in [5, 5.41) is 2.87. The van der Waals surface area contributed by atoms with Crippen LogP contribution in [0.2, 0.25) is 0 Å². The third kappa shape index (κ3) is 2.79. The quantitative estimate of drug-likeness (QED) is 0.712. The van der Waals surface area contributed by atoms with Gasteiger partial charge in [0, 0.05) is 23.6 Å². The molecule has 0 saturated carbocycles. The second kappa shape index (κ2) is 5.97. The second-order valence-corrected chi connectivity index (χ2v) is 6.51. The van der Waals surface area contributed by atoms with Gasteiger partial charge in [0.15, 0.2) is 5.78 Å². The van der Waals surface area contributed by atoms with E-state index in [9.17, 15) is 27.6 Å². The van der Waals surface area contributed by atoms with Gasteiger partial charge in [-0.1, -0.05) is 18.2 Å². The average molecular weight is 377 g/mol. The smallest absolute Gasteiger partial charge is 0.344 e. The summed E-state index contributed by atoms with van der Waals surface area (Å²) in [6.07, 6.45) is -3.47. The molecule has 2 heterocycles. The van der Waals surface area contributed by atoms with E-state index in [4.69, 9.17) is 0 Å². The van der Waals surface area contributed by atoms with Crippen molar-refractivity contribution in [1.82, 2.24) is 9.97 Å². The lowest BCUT2D eigenvalue weighted by Crippen LogP contribution is -2.36. The number of aromatic nitrogens is 2. The number of nitrogens with one attached hydrogen (secondary N) is 3. The number of fused-ring (bicyclic) bond motifs is 1. The lowest BCUT2D eigenvalue weighted by Gasteiger charge is -2.33. The van der Waals surface area contributed by atoms with Crippen LogP contribution in [0.15, 0.2) is 45.1 Å². The number of aromatic amines is 2. The molecule has 0 saturated heterocycles. The van der Waals surface area contributed by atoms with Crippen molar-refractivity contribution in [3.8, 4) is 0 Å². The maximum atomic E-state index is 13.6. The normalized spacial score (nSPS) is 19.4. The molecule has 1 aliphatic carbocycles. The third-order valence-electron chi connectivity index (χ3n) is 4.87. The van der Waals surface area contributed by atoms with Gasteiger partial charge < -0.3 is 5.32 Å². The van der Waals surface area contributed by atoms with Crippen LogP contribution in [-0.2, 0) is 11.0 Å². The third-order valence-corrected chi connectivity index (χ3v) is 4.87. The lowest BCUT2D eigenvalue weighted by molar-refractivity contribution is -0.138. The van der Waals surface area contributed by atoms with Crippen LogP contribution < -0.4 is 16.6 Å². The van der Waals surface area contributed by atoms with Crippen LogP contribution in [0.1, 0.15) is 41.9 Å². The molecule has 2 aliphatic rings. The molecule has 0 bridgehead atoms. The summed E-state index contributed by atoms with van der Waals surface area (Å²) >= 11 is 0. The summed E-state index contributed by atoms with van der Waals surface area (Å²) in [5.74, 6) is -1.48. The Morgan fingerprint density at radius 2 is 1.74 bits per heavy atom. The first-order valence-corrected chi connectivity index (χ1v) is 8.33. The van der Waals surface area contributed by atoms with E-state index in [2.05, 4.69) is 10.3 Å². The topological polar surface area (TPSA) is 94.8 Å². The zero-order valence-corrected chi connectivity index (χ0v) is 13.9. The number of halogens is 3. The van der Waals surface area contributed by atoms with Crippen molar-refractivity contribution in [3.63, 3.8) is 0 Å². The molecule has 9 heteroatoms. The van der Waals surface area contributed by atoms with Crippen LogP contribution in [0.4, 0.5) is 19.0 Å². The minimum Gasteiger partial charge on any atom is -0.344 e. The minimum absolute atomic E-state index is 0.0270. The van der Waals surface area contributed by atoms with Gasteiger partial charge in [-0.15, -0.1) is 0 Å². The SMILES string of the molecule is O=C1CCCC2=C1C(c1ccccc1C(F)(F)F)c1c([nH]c(=O)[nH]c1=O)N2. The van der Waals surface area contributed by atoms with Crippen molar-refractivity contribution < 1.29 is 18.0 Å². The first-order chi connectivity index (χ1) is 12.8. The molecule has 1 atom stereocenters. The van der Waals surface area contributed by atoms with Crippen molar-refractivity contribution >= 4 is 11.6 Å². The number of allylic oxidation sites excluding steroid dienone is 2. The average Bonchev–Trinajstić information content (AvgIpc) is 2.59. The molecule has 0 amide bonds. The molecule has 1 aromatic heterocycles. The molecule has 1 unspecified atom stereocenters. The van der Waals surface area contributed by atoms with Crippen molar-refractivity contribution in [2.75, 3.05) is 5.32 Å². The molecule has 27 heavy (non-hydrogen) atoms. The van der Waals surface area contributed by atoms with Gasteiger partial charge in [0.25, 0.3) is 5.56 Å². The van der Waals surface area contributed by atoms with Crippen molar-refractivity contribution in [1.29, 1.82) is 0 Å². The Morgan fingerprint density at radius 3 is 2.48 bits per heavy atom. The van der Waals surface area contributed by atoms with Crippen LogP contribution in [0.3, 0.4) is 0 Å². The lowest BCUT2D eigenvalue weighted by atomic mass is 9.75. The summed E-state index contributed by atoms with van der Waals surface area (Å²) in [6.45, 7) is 0. The highest BCUT2D eigenvalue weighted by molar-refractivity contribution is 6.01. The Balaban J connectivity index is 2.07. The van der Waals surface area contributed by atoms with Gasteiger partial charge in [-0.25, -0.2) is 4.79 Å². The molecule has 0 spiro atoms. The Hall–Kier alpha value is -3.10. The van der Waals surface area contributed by atoms with Gasteiger partial charge in [0.1, 0.15) is 5.82 Å². The van der Waals surface area contributed by atoms with Crippen LogP contribution >= 0.6 is 0 Å². The molecular formula is C18H14F3N3O3. The number of ketones is 1. The number of alkyl halides is 3. The van der Waals surface area contributed by atoms with Gasteiger partial charge in [-0.05, 0) is 24.5 Å². The van der Waals surface area contributed by atoms with Gasteiger partial charge in [-0.3, -0.25) is 19.6 Å². The summed E-state index contributed by atoms with van der Waals surface area (Å²) in [6, 6.07) is 4.87. The van der Waals surface area contributed by atoms with E-state index < -0.39 is 28.9 Å². The summed E-state index contributed by atoms with van der Waals surface area (Å²) in [4.78, 5) is 41.2. The summed E-state index contributed by atoms with van der Waals surface area (Å²) in [7, 11) is 0. The molecule has 4 rings (SSSR count). The predicted molar refractivity (Wildman–Crippen MR) is 90.5 cm³/mol. The number of H-pyrrole nitrogens is 2. The standard InChI is InChI=1S/C18H14F3N3O3/c19-18(20,21)9-5-2-1-4-8(9)12-13-10(6-3-7-11(13)25)22-15-14(12)16(26)24-17(27)23-15/h1-2,4-5,12H,3,6-7H2,(H3,22,23,24,26,27). The number of carbonyl (C=O) groups is 1. The molecule has 6 nitrogen and oxygen atoms in total. The van der Waals surface area contributed by atoms with Crippen LogP contribution in [-0.4, -0.2) is 15.8 Å². The van der Waals surface area contributed by atoms with Crippen LogP contribution in [0, 0.1) is 0 Å². The monoisotopic (exact) mass is 377 g/mol. The fourth-order valence-corrected chi connectivity index (χ4v) is 3.81. The molecule has 0 fully saturated rings. The Morgan fingerprint density at radius 1 is 1.00 bits per heavy atom. The summed E-state index contributed by atoms with van der Waals surface area (Å²) in [5.41, 5.74) is -2.20. The zero-order chi connectivity index (χ0) is 19.3. The molecule has 3 N–H and O–H groups in total. The Labute approximate surface area is 150 Å². The zero-order valence-electron chi connectivity index (χ0n) is 13.9. The summed E-state index contributed by atoms with van der Waals surface area (Å²) < 4.78 is 40.8. The van der Waals surface area contributed by atoms with E-state index in [0.29, 0.717) is 18.5 Å². The van der Waals surface area contributed by atoms with Gasteiger partial charge >= 0.3 is 11.9 Å². The molecular weight excluding hydrogens is 363 g/mol. The highest BCUT2D eigenvalue weighted by atomic mass is 19.4. The van der Waals surface area contributed by atoms with Crippen molar-refractivity contribution in [2.45, 2.75) is 31.4 Å². The highest BCUT2D eigenvalue weighted by Crippen LogP contribution is 2.46. The Bertz CT molecular complexity index is 1100. The van der Waals surface area contributed by atoms with E-state index in [1.807, 2.05) is 4.98 Å². The van der Waals surface area contributed by atoms with E-state index in [1.54, 1.807) is 0 Å². The van der Waals surface area contributed by atoms with Crippen molar-refractivity contribution in [3.05, 3.63) is 73.1 Å². The van der Waals surface area contributed by atoms with E-state index in [-0.39, 0.29) is 34.7 Å². The second-order valence-electron chi connectivity index (χ2n) is 6.51. The molecule has 140 valence electrons. The van der Waals surface area contributed by atoms with Crippen LogP contribution in [0.25, 0.3) is 0 Å². The number of carbonyl (C=O) groups excluding carboxylic acids is 1. The maximum Gasteiger partial charge on any atom is 0.416 e. The highest BCUT2D eigenvalue weighted by Gasteiger charge is 2.42. The number of Topliss-reactive ketones (excluding diaryl/α,β-unsaturated/α-hetero) is 1. The van der Waals surface area contributed by atoms with E-state index in [0.717, 1.165) is 6.07 Å². The number of hydrogen-bond acceptors (Lipinski definition) is 4. The largest absolute Gasteiger partial charge is 0.416 e. The first-order valence-electron chi connectivity index (χ1n) is 8.33. The van der Waals surface area contributed by atoms with E-state index in [1.165, 1.54) is 18.2 Å². The predicted octanol–water partition coefficient (Wildman–Crippen LogP) is 2.65. The number of anilines is 1. The molecule has 1 aromatic carbocycles. The van der Waals surface area contributed by atoms with Crippen molar-refractivity contribution in [2.24, 2.45) is 0 Å². The number of benzene rings is 1. The molecule has 1 aliphatic heterocycles. The molecule has 0 radical (unpaired) electrons. The maximum absolute atomic E-state index is 13.6. The molecule has 2 aromatic rings. The first kappa shape index (κ1) is 17.3. The number of hydrogen-bond donors (Lipinski definition) is 3. The number of rotatable bonds is 1. The van der Waals surface area contributed by atoms with Crippen LogP contribution in [0.5, 0.6) is 0 Å². The van der Waals surface area contributed by atoms with Gasteiger partial charge in [-0.2, -0.15) is 13.2 Å². The van der Waals surface area contributed by atoms with E-state index >= 15 is 0 Å². The Kier molecular flexibility index (Phi) is 3.83. The fraction of sp³-hybridized carbons (Fsp3) is 0.278. The van der Waals surface area contributed by atoms with Gasteiger partial charge in [0.2, 0.25) is 0 Å². The fourth-order valence-electron chi connectivity index (χ4n) is 3.81. The minimum atomic E-state index is -4.66.